The molecule has 122 valence electrons. The number of carbonyl (C=O) groups excluding carboxylic acids is 1. The Labute approximate surface area is 133 Å². The van der Waals surface area contributed by atoms with E-state index in [2.05, 4.69) is 0 Å². The molecule has 0 aliphatic carbocycles. The highest BCUT2D eigenvalue weighted by Crippen LogP contribution is 2.37. The van der Waals surface area contributed by atoms with Crippen LogP contribution < -0.4 is 0 Å². The molecule has 1 aromatic carbocycles. The normalized spacial score (nSPS) is 17.6. The van der Waals surface area contributed by atoms with E-state index in [9.17, 15) is 15.0 Å². The summed E-state index contributed by atoms with van der Waals surface area (Å²) in [5, 5.41) is 19.5. The van der Waals surface area contributed by atoms with Crippen molar-refractivity contribution < 1.29 is 24.2 Å². The molecule has 1 fully saturated rings. The van der Waals surface area contributed by atoms with Gasteiger partial charge >= 0.3 is 0 Å². The Hall–Kier alpha value is -2.47. The van der Waals surface area contributed by atoms with Gasteiger partial charge in [-0.15, -0.1) is 0 Å². The Morgan fingerprint density at radius 2 is 2.17 bits per heavy atom. The minimum Gasteiger partial charge on any atom is -0.504 e. The summed E-state index contributed by atoms with van der Waals surface area (Å²) in [5.74, 6) is 0.421. The summed E-state index contributed by atoms with van der Waals surface area (Å²) in [5.41, 5.74) is 0.0978. The maximum atomic E-state index is 12.7. The van der Waals surface area contributed by atoms with Crippen LogP contribution in [0, 0.1) is 0 Å². The monoisotopic (exact) mass is 317 g/mol. The zero-order valence-corrected chi connectivity index (χ0v) is 12.9. The Bertz CT molecular complexity index is 709. The second kappa shape index (κ2) is 6.34. The number of nitrogens with zero attached hydrogens (tertiary/aromatic N) is 1. The first-order valence-electron chi connectivity index (χ1n) is 7.51. The Morgan fingerprint density at radius 1 is 1.35 bits per heavy atom. The maximum Gasteiger partial charge on any atom is 0.258 e. The number of phenols is 2. The third-order valence-electron chi connectivity index (χ3n) is 4.06. The molecule has 1 aromatic heterocycles. The van der Waals surface area contributed by atoms with Crippen LogP contribution in [0.15, 0.2) is 34.7 Å². The third kappa shape index (κ3) is 2.90. The summed E-state index contributed by atoms with van der Waals surface area (Å²) >= 11 is 0. The Balaban J connectivity index is 1.85. The quantitative estimate of drug-likeness (QED) is 0.847. The molecule has 6 nitrogen and oxygen atoms in total. The number of carbonyl (C=O) groups is 1. The standard InChI is InChI=1S/C17H19NO5/c1-22-10-11-7-8-15(23-11)13-5-3-9-18(13)17(21)12-4-2-6-14(19)16(12)20/h2,4,6-8,13,19-20H,3,5,9-10H2,1H3/t13-/m0/s1. The van der Waals surface area contributed by atoms with Crippen LogP contribution in [0.25, 0.3) is 0 Å². The van der Waals surface area contributed by atoms with Gasteiger partial charge in [-0.2, -0.15) is 0 Å². The predicted molar refractivity (Wildman–Crippen MR) is 82.2 cm³/mol. The molecule has 23 heavy (non-hydrogen) atoms. The lowest BCUT2D eigenvalue weighted by Gasteiger charge is -2.23. The zero-order valence-electron chi connectivity index (χ0n) is 12.9. The number of amides is 1. The van der Waals surface area contributed by atoms with Crippen LogP contribution >= 0.6 is 0 Å². The number of hydrogen-bond donors (Lipinski definition) is 2. The van der Waals surface area contributed by atoms with E-state index in [4.69, 9.17) is 9.15 Å². The Kier molecular flexibility index (Phi) is 4.25. The van der Waals surface area contributed by atoms with Crippen molar-refractivity contribution in [2.24, 2.45) is 0 Å². The molecule has 2 N–H and O–H groups in total. The van der Waals surface area contributed by atoms with Gasteiger partial charge in [0.2, 0.25) is 0 Å². The van der Waals surface area contributed by atoms with Crippen LogP contribution in [-0.2, 0) is 11.3 Å². The first-order chi connectivity index (χ1) is 11.1. The largest absolute Gasteiger partial charge is 0.504 e. The van der Waals surface area contributed by atoms with Gasteiger partial charge in [0, 0.05) is 13.7 Å². The number of methoxy groups -OCH3 is 1. The molecular weight excluding hydrogens is 298 g/mol. The van der Waals surface area contributed by atoms with E-state index < -0.39 is 0 Å². The fourth-order valence-corrected chi connectivity index (χ4v) is 2.96. The van der Waals surface area contributed by atoms with Crippen LogP contribution in [0.2, 0.25) is 0 Å². The van der Waals surface area contributed by atoms with Gasteiger partial charge in [-0.25, -0.2) is 0 Å². The number of likely N-dealkylation sites (tertiary alicyclic amines) is 1. The summed E-state index contributed by atoms with van der Waals surface area (Å²) in [6.45, 7) is 0.965. The van der Waals surface area contributed by atoms with Crippen molar-refractivity contribution in [2.75, 3.05) is 13.7 Å². The summed E-state index contributed by atoms with van der Waals surface area (Å²) in [6, 6.07) is 7.91. The number of rotatable bonds is 4. The average Bonchev–Trinajstić information content (AvgIpc) is 3.18. The molecule has 1 aliphatic rings. The fourth-order valence-electron chi connectivity index (χ4n) is 2.96. The van der Waals surface area contributed by atoms with E-state index >= 15 is 0 Å². The molecule has 0 unspecified atom stereocenters. The molecule has 1 atom stereocenters. The van der Waals surface area contributed by atoms with Crippen molar-refractivity contribution >= 4 is 5.91 Å². The molecule has 1 saturated heterocycles. The highest BCUT2D eigenvalue weighted by Gasteiger charge is 2.34. The lowest BCUT2D eigenvalue weighted by molar-refractivity contribution is 0.0712. The number of aromatic hydroxyl groups is 2. The van der Waals surface area contributed by atoms with Gasteiger partial charge in [-0.1, -0.05) is 6.07 Å². The summed E-state index contributed by atoms with van der Waals surface area (Å²) in [4.78, 5) is 14.4. The molecule has 0 bridgehead atoms. The molecule has 2 heterocycles. The van der Waals surface area contributed by atoms with E-state index in [1.807, 2.05) is 12.1 Å². The molecule has 1 amide bonds. The number of para-hydroxylation sites is 1. The summed E-state index contributed by atoms with van der Waals surface area (Å²) < 4.78 is 10.8. The van der Waals surface area contributed by atoms with Gasteiger partial charge in [0.1, 0.15) is 18.1 Å². The number of hydrogen-bond acceptors (Lipinski definition) is 5. The molecule has 0 radical (unpaired) electrons. The fraction of sp³-hybridized carbons (Fsp3) is 0.353. The van der Waals surface area contributed by atoms with Crippen LogP contribution in [0.5, 0.6) is 11.5 Å². The minimum atomic E-state index is -0.386. The van der Waals surface area contributed by atoms with Gasteiger partial charge in [-0.05, 0) is 37.1 Å². The number of furan rings is 1. The van der Waals surface area contributed by atoms with Gasteiger partial charge in [0.15, 0.2) is 11.5 Å². The van der Waals surface area contributed by atoms with E-state index in [-0.39, 0.29) is 29.0 Å². The molecule has 6 heteroatoms. The highest BCUT2D eigenvalue weighted by molar-refractivity contribution is 5.98. The lowest BCUT2D eigenvalue weighted by atomic mass is 10.1. The van der Waals surface area contributed by atoms with Gasteiger partial charge in [0.05, 0.1) is 11.6 Å². The van der Waals surface area contributed by atoms with Crippen LogP contribution in [0.4, 0.5) is 0 Å². The first-order valence-corrected chi connectivity index (χ1v) is 7.51. The van der Waals surface area contributed by atoms with Crippen LogP contribution in [-0.4, -0.2) is 34.7 Å². The van der Waals surface area contributed by atoms with Gasteiger partial charge in [-0.3, -0.25) is 4.79 Å². The molecule has 2 aromatic rings. The average molecular weight is 317 g/mol. The second-order valence-electron chi connectivity index (χ2n) is 5.57. The Morgan fingerprint density at radius 3 is 2.96 bits per heavy atom. The molecule has 0 saturated carbocycles. The van der Waals surface area contributed by atoms with Gasteiger partial charge in [0.25, 0.3) is 5.91 Å². The van der Waals surface area contributed by atoms with E-state index in [0.29, 0.717) is 24.7 Å². The van der Waals surface area contributed by atoms with Crippen molar-refractivity contribution in [1.82, 2.24) is 4.90 Å². The lowest BCUT2D eigenvalue weighted by Crippen LogP contribution is -2.30. The smallest absolute Gasteiger partial charge is 0.258 e. The first kappa shape index (κ1) is 15.4. The van der Waals surface area contributed by atoms with Crippen molar-refractivity contribution in [3.8, 4) is 11.5 Å². The van der Waals surface area contributed by atoms with E-state index in [1.165, 1.54) is 18.2 Å². The molecule has 3 rings (SSSR count). The van der Waals surface area contributed by atoms with Crippen molar-refractivity contribution in [1.29, 1.82) is 0 Å². The highest BCUT2D eigenvalue weighted by atomic mass is 16.5. The van der Waals surface area contributed by atoms with Crippen LogP contribution in [0.1, 0.15) is 40.8 Å². The number of benzene rings is 1. The predicted octanol–water partition coefficient (Wildman–Crippen LogP) is 2.81. The minimum absolute atomic E-state index is 0.0978. The summed E-state index contributed by atoms with van der Waals surface area (Å²) in [7, 11) is 1.60. The van der Waals surface area contributed by atoms with Crippen molar-refractivity contribution in [2.45, 2.75) is 25.5 Å². The summed E-state index contributed by atoms with van der Waals surface area (Å²) in [6.07, 6.45) is 1.65. The second-order valence-corrected chi connectivity index (χ2v) is 5.57. The number of ether oxygens (including phenoxy) is 1. The zero-order chi connectivity index (χ0) is 16.4. The van der Waals surface area contributed by atoms with Crippen molar-refractivity contribution in [3.05, 3.63) is 47.4 Å². The maximum absolute atomic E-state index is 12.7. The SMILES string of the molecule is COCc1ccc([C@@H]2CCCN2C(=O)c2cccc(O)c2O)o1. The van der Waals surface area contributed by atoms with E-state index in [1.54, 1.807) is 12.0 Å². The number of phenolic OH excluding ortho intramolecular Hbond substituents is 2. The molecule has 1 aliphatic heterocycles. The molecule has 0 spiro atoms. The van der Waals surface area contributed by atoms with Crippen molar-refractivity contribution in [3.63, 3.8) is 0 Å². The van der Waals surface area contributed by atoms with Gasteiger partial charge < -0.3 is 24.3 Å². The third-order valence-corrected chi connectivity index (χ3v) is 4.06. The van der Waals surface area contributed by atoms with E-state index in [0.717, 1.165) is 12.8 Å². The van der Waals surface area contributed by atoms with Crippen LogP contribution in [0.3, 0.4) is 0 Å². The molecular formula is C17H19NO5. The topological polar surface area (TPSA) is 83.1 Å².